The summed E-state index contributed by atoms with van der Waals surface area (Å²) in [6.45, 7) is 58.6. The molecule has 0 aliphatic heterocycles. The van der Waals surface area contributed by atoms with Crippen LogP contribution < -0.4 is 21.3 Å². The van der Waals surface area contributed by atoms with Crippen molar-refractivity contribution in [3.63, 3.8) is 0 Å². The molecule has 544 valence electrons. The van der Waals surface area contributed by atoms with Gasteiger partial charge in [-0.1, -0.05) is 166 Å². The summed E-state index contributed by atoms with van der Waals surface area (Å²) in [5.41, 5.74) is 0.0128. The van der Waals surface area contributed by atoms with E-state index in [4.69, 9.17) is 5.11 Å². The molecule has 24 heteroatoms. The molecule has 84 heavy (non-hydrogen) atoms. The Morgan fingerprint density at radius 1 is 0.310 bits per heavy atom. The van der Waals surface area contributed by atoms with Gasteiger partial charge in [0.2, 0.25) is 0 Å². The van der Waals surface area contributed by atoms with E-state index in [0.29, 0.717) is 49.9 Å². The van der Waals surface area contributed by atoms with Crippen molar-refractivity contribution in [3.05, 3.63) is 0 Å². The van der Waals surface area contributed by atoms with Gasteiger partial charge in [0.25, 0.3) is 0 Å². The second kappa shape index (κ2) is 81.6. The second-order valence-electron chi connectivity index (χ2n) is 26.7. The minimum atomic E-state index is -0.248. The van der Waals surface area contributed by atoms with Gasteiger partial charge in [0.05, 0.1) is 48.8 Å². The number of likely N-dealkylation sites (N-methyl/N-ethyl adjacent to an activating group) is 8. The Hall–Kier alpha value is 9.65. The second-order valence-corrected chi connectivity index (χ2v) is 26.7. The van der Waals surface area contributed by atoms with Crippen LogP contribution in [0.3, 0.4) is 0 Å². The van der Waals surface area contributed by atoms with Gasteiger partial charge in [-0.15, -0.1) is 0 Å². The van der Waals surface area contributed by atoms with Crippen molar-refractivity contribution in [1.82, 2.24) is 40.9 Å². The summed E-state index contributed by atoms with van der Waals surface area (Å²) in [6, 6.07) is 0. The Bertz CT molecular complexity index is 1200. The molecule has 0 spiro atoms. The Balaban J connectivity index is -0.0000000444. The van der Waals surface area contributed by atoms with Gasteiger partial charge < -0.3 is 81.7 Å². The zero-order chi connectivity index (χ0) is 62.6. The number of hydrogen-bond donors (Lipinski definition) is 12. The summed E-state index contributed by atoms with van der Waals surface area (Å²) in [4.78, 5) is 8.22. The number of aliphatic hydroxyl groups excluding tert-OH is 8. The third-order valence-corrected chi connectivity index (χ3v) is 12.2. The summed E-state index contributed by atoms with van der Waals surface area (Å²) >= 11 is 0. The van der Waals surface area contributed by atoms with Gasteiger partial charge in [-0.2, -0.15) is 0 Å². The predicted octanol–water partition coefficient (Wildman–Crippen LogP) is 6.27. The average Bonchev–Trinajstić information content (AvgIpc) is 3.27. The van der Waals surface area contributed by atoms with Crippen LogP contribution in [-0.2, 0) is 0 Å². The minimum absolute atomic E-state index is 0. The van der Waals surface area contributed by atoms with Crippen molar-refractivity contribution in [2.45, 2.75) is 215 Å². The number of aliphatic hydroxyl groups is 8. The van der Waals surface area contributed by atoms with Crippen LogP contribution in [-0.4, -0.2) is 244 Å². The van der Waals surface area contributed by atoms with E-state index in [2.05, 4.69) is 65.7 Å². The molecule has 0 aliphatic rings. The van der Waals surface area contributed by atoms with Gasteiger partial charge >= 0.3 is 0 Å². The van der Waals surface area contributed by atoms with Gasteiger partial charge in [0.1, 0.15) is 0 Å². The summed E-state index contributed by atoms with van der Waals surface area (Å²) in [5, 5.41) is 86.8. The summed E-state index contributed by atoms with van der Waals surface area (Å²) < 4.78 is 0. The molecule has 8 radical (unpaired) electrons. The normalized spacial score (nSPS) is 13.7. The number of hydrogen-bond acceptors (Lipinski definition) is 16. The van der Waals surface area contributed by atoms with E-state index in [1.807, 2.05) is 198 Å². The van der Waals surface area contributed by atoms with Gasteiger partial charge in [-0.05, 0) is 128 Å². The molecule has 0 aromatic carbocycles. The molecule has 12 N–H and O–H groups in total. The predicted molar refractivity (Wildman–Crippen MR) is 334 cm³/mol. The smallest absolute Gasteiger partial charge is 0.0715 e. The van der Waals surface area contributed by atoms with Gasteiger partial charge in [-0.25, -0.2) is 0 Å². The summed E-state index contributed by atoms with van der Waals surface area (Å²) in [6.07, 6.45) is -1.69. The molecule has 0 aromatic rings. The first-order chi connectivity index (χ1) is 34.1. The van der Waals surface area contributed by atoms with Crippen molar-refractivity contribution in [3.8, 4) is 0 Å². The summed E-state index contributed by atoms with van der Waals surface area (Å²) in [7, 11) is 15.6. The van der Waals surface area contributed by atoms with E-state index in [1.165, 1.54) is 0 Å². The van der Waals surface area contributed by atoms with Crippen molar-refractivity contribution in [2.75, 3.05) is 135 Å². The summed E-state index contributed by atoms with van der Waals surface area (Å²) in [5.74, 6) is 1.47. The zero-order valence-electron chi connectivity index (χ0n) is 59.4. The standard InChI is InChI=1S/C9H21NO.3C8H19NO.3C7H17NO.C6H15NO.8Tb/c1-6-10(5)7-8(11)9(2,3)4;1-8(2,3)7(10)6-9(4)5;1-5-9-6-7(10)8(2,3)4;1-5-9(4)6-8(10)7(2)3;1-7(2,3)6(9)5-8-4;1-6(2)7(9)5-8(3)4;1-4-8-5-7(9)6(2)3;1-5(2)6(8)4-7-3;;;;;;;;/h8,11H,6-7H2,1-5H3;7,10H,6H2,1-5H3;7,9-10H,5-6H2,1-4H3;7-8,10H,5-6H2,1-4H3;6,8-9H,5H2,1-4H3;6-7,9H,5H2,1-4H3;6-9H,4-5H2,1-3H3;5-8H,4H2,1-3H3;;;;;;;;. The van der Waals surface area contributed by atoms with E-state index in [9.17, 15) is 35.7 Å². The van der Waals surface area contributed by atoms with E-state index in [-0.39, 0.29) is 379 Å². The largest absolute Gasteiger partial charge is 0.392 e. The van der Waals surface area contributed by atoms with Crippen LogP contribution in [0.15, 0.2) is 0 Å². The van der Waals surface area contributed by atoms with Crippen LogP contribution >= 0.6 is 0 Å². The first kappa shape index (κ1) is 133. The maximum Gasteiger partial charge on any atom is 0.0715 e. The van der Waals surface area contributed by atoms with E-state index < -0.39 is 0 Å². The molecule has 0 heterocycles. The van der Waals surface area contributed by atoms with Gasteiger partial charge in [0.15, 0.2) is 0 Å². The maximum absolute atomic E-state index is 9.65. The molecular weight excluding hydrogens is 2230 g/mol. The Morgan fingerprint density at radius 2 is 0.548 bits per heavy atom. The molecule has 0 rings (SSSR count). The van der Waals surface area contributed by atoms with Crippen LogP contribution in [0, 0.1) is 354 Å². The molecule has 0 saturated heterocycles. The molecule has 0 fully saturated rings. The Morgan fingerprint density at radius 3 is 0.738 bits per heavy atom. The fourth-order valence-electron chi connectivity index (χ4n) is 4.62. The van der Waals surface area contributed by atoms with Crippen LogP contribution in [0.2, 0.25) is 0 Å². The molecule has 8 atom stereocenters. The van der Waals surface area contributed by atoms with Gasteiger partial charge in [-0.3, -0.25) is 0 Å². The third-order valence-electron chi connectivity index (χ3n) is 12.2. The van der Waals surface area contributed by atoms with E-state index >= 15 is 0 Å². The Kier molecular flexibility index (Phi) is 130. The molecule has 16 nitrogen and oxygen atoms in total. The van der Waals surface area contributed by atoms with Crippen molar-refractivity contribution in [1.29, 1.82) is 0 Å². The van der Waals surface area contributed by atoms with Crippen molar-refractivity contribution < 1.29 is 350 Å². The Labute approximate surface area is 770 Å². The minimum Gasteiger partial charge on any atom is -0.392 e. The fraction of sp³-hybridized carbons (Fsp3) is 1.00. The number of nitrogens with one attached hydrogen (secondary N) is 4. The van der Waals surface area contributed by atoms with Crippen molar-refractivity contribution in [2.24, 2.45) is 45.3 Å². The number of rotatable bonds is 24. The van der Waals surface area contributed by atoms with Crippen LogP contribution in [0.4, 0.5) is 0 Å². The molecule has 8 unspecified atom stereocenters. The zero-order valence-corrected chi connectivity index (χ0v) is 76.6. The fourth-order valence-corrected chi connectivity index (χ4v) is 4.62. The quantitative estimate of drug-likeness (QED) is 0.0512. The molecular formula is C60H144N8O8Tb8. The van der Waals surface area contributed by atoms with Crippen molar-refractivity contribution >= 4 is 0 Å². The van der Waals surface area contributed by atoms with Crippen LogP contribution in [0.1, 0.15) is 166 Å². The van der Waals surface area contributed by atoms with Gasteiger partial charge in [0, 0.05) is 361 Å². The molecule has 0 aromatic heterocycles. The SMILES string of the molecule is CC(C)C(O)CN(C)C.CCN(C)CC(O)C(C)(C)C.CCN(C)CC(O)C(C)C.CCNCC(O)C(C)(C)C.CCNCC(O)C(C)C.CN(C)CC(O)C(C)(C)C.CNCC(O)C(C)(C)C.CNCC(O)C(C)C.[Tb].[Tb].[Tb].[Tb].[Tb].[Tb].[Tb].[Tb]. The maximum atomic E-state index is 9.65. The molecule has 0 saturated carbocycles. The number of nitrogens with zero attached hydrogens (tertiary/aromatic N) is 4. The first-order valence-corrected chi connectivity index (χ1v) is 29.0. The average molecular weight is 2380 g/mol. The molecule has 0 amide bonds. The third kappa shape index (κ3) is 108. The van der Waals surface area contributed by atoms with Crippen LogP contribution in [0.5, 0.6) is 0 Å². The molecule has 0 aliphatic carbocycles. The monoisotopic (exact) mass is 2380 g/mol. The first-order valence-electron chi connectivity index (χ1n) is 29.0. The topological polar surface area (TPSA) is 223 Å². The van der Waals surface area contributed by atoms with E-state index in [0.717, 1.165) is 52.4 Å². The van der Waals surface area contributed by atoms with Crippen LogP contribution in [0.25, 0.3) is 0 Å². The molecule has 0 bridgehead atoms. The van der Waals surface area contributed by atoms with E-state index in [1.54, 1.807) is 0 Å².